The molecule has 1 aliphatic carbocycles. The summed E-state index contributed by atoms with van der Waals surface area (Å²) in [5.74, 6) is -1.03. The van der Waals surface area contributed by atoms with Gasteiger partial charge in [-0.25, -0.2) is 4.79 Å². The minimum atomic E-state index is -1.07. The molecular weight excluding hydrogens is 616 g/mol. The van der Waals surface area contributed by atoms with Gasteiger partial charge in [0.15, 0.2) is 5.60 Å². The van der Waals surface area contributed by atoms with E-state index >= 15 is 0 Å². The third-order valence-electron chi connectivity index (χ3n) is 8.77. The molecule has 1 aromatic carbocycles. The van der Waals surface area contributed by atoms with Gasteiger partial charge in [0, 0.05) is 44.6 Å². The number of carbonyl (C=O) groups excluding carboxylic acids is 4. The number of nitrogens with one attached hydrogen (secondary N) is 1. The molecule has 1 aromatic rings. The molecule has 0 radical (unpaired) electrons. The van der Waals surface area contributed by atoms with Crippen LogP contribution in [-0.2, 0) is 23.9 Å². The van der Waals surface area contributed by atoms with Gasteiger partial charge in [-0.15, -0.1) is 0 Å². The Balaban J connectivity index is 1.64. The molecule has 2 fully saturated rings. The maximum Gasteiger partial charge on any atom is 0.410 e. The lowest BCUT2D eigenvalue weighted by atomic mass is 9.87. The minimum Gasteiger partial charge on any atom is -0.476 e. The molecule has 48 heavy (non-hydrogen) atoms. The van der Waals surface area contributed by atoms with Crippen LogP contribution in [-0.4, -0.2) is 96.6 Å². The zero-order valence-corrected chi connectivity index (χ0v) is 30.0. The lowest BCUT2D eigenvalue weighted by Gasteiger charge is -2.40. The normalized spacial score (nSPS) is 21.3. The molecule has 1 saturated carbocycles. The van der Waals surface area contributed by atoms with Gasteiger partial charge in [0.25, 0.3) is 5.91 Å². The molecule has 12 nitrogen and oxygen atoms in total. The quantitative estimate of drug-likeness (QED) is 0.312. The molecule has 1 unspecified atom stereocenters. The Morgan fingerprint density at radius 2 is 1.83 bits per heavy atom. The molecule has 4 rings (SSSR count). The maximum absolute atomic E-state index is 14.6. The van der Waals surface area contributed by atoms with E-state index in [1.807, 2.05) is 13.0 Å². The molecule has 4 amide bonds. The summed E-state index contributed by atoms with van der Waals surface area (Å²) >= 11 is 0. The Morgan fingerprint density at radius 3 is 2.44 bits per heavy atom. The van der Waals surface area contributed by atoms with Crippen LogP contribution in [0.1, 0.15) is 87.5 Å². The summed E-state index contributed by atoms with van der Waals surface area (Å²) in [6, 6.07) is 5.19. The molecule has 2 aliphatic heterocycles. The zero-order valence-electron chi connectivity index (χ0n) is 30.0. The van der Waals surface area contributed by atoms with Crippen molar-refractivity contribution >= 4 is 35.2 Å². The van der Waals surface area contributed by atoms with Gasteiger partial charge >= 0.3 is 6.09 Å². The molecule has 3 aliphatic rings. The minimum absolute atomic E-state index is 0.0381. The number of benzene rings is 1. The zero-order chi connectivity index (χ0) is 35.4. The largest absolute Gasteiger partial charge is 0.476 e. The van der Waals surface area contributed by atoms with Crippen molar-refractivity contribution in [2.45, 2.75) is 111 Å². The summed E-state index contributed by atoms with van der Waals surface area (Å²) in [6.45, 7) is 16.3. The van der Waals surface area contributed by atoms with E-state index in [0.717, 1.165) is 19.3 Å². The summed E-state index contributed by atoms with van der Waals surface area (Å²) in [5.41, 5.74) is -0.651. The number of amides is 4. The Hall–Kier alpha value is -3.38. The fraction of sp³-hybridized carbons (Fsp3) is 0.722. The number of likely N-dealkylation sites (tertiary alicyclic amines) is 1. The Labute approximate surface area is 285 Å². The fourth-order valence-corrected chi connectivity index (χ4v) is 6.46. The van der Waals surface area contributed by atoms with E-state index in [-0.39, 0.29) is 55.9 Å². The number of carbonyl (C=O) groups is 4. The number of anilines is 2. The van der Waals surface area contributed by atoms with E-state index < -0.39 is 29.1 Å². The van der Waals surface area contributed by atoms with E-state index in [0.29, 0.717) is 49.2 Å². The van der Waals surface area contributed by atoms with Crippen LogP contribution in [0.25, 0.3) is 0 Å². The Bertz CT molecular complexity index is 1320. The highest BCUT2D eigenvalue weighted by Gasteiger charge is 2.45. The van der Waals surface area contributed by atoms with Crippen LogP contribution in [0.4, 0.5) is 16.2 Å². The first kappa shape index (κ1) is 37.4. The Kier molecular flexibility index (Phi) is 12.0. The summed E-state index contributed by atoms with van der Waals surface area (Å²) in [7, 11) is 0. The van der Waals surface area contributed by atoms with Crippen LogP contribution in [0.2, 0.25) is 0 Å². The van der Waals surface area contributed by atoms with Crippen LogP contribution < -0.4 is 19.9 Å². The van der Waals surface area contributed by atoms with Crippen molar-refractivity contribution in [2.24, 2.45) is 17.8 Å². The molecule has 2 N–H and O–H groups in total. The molecule has 0 bridgehead atoms. The van der Waals surface area contributed by atoms with Gasteiger partial charge in [-0.05, 0) is 97.8 Å². The SMILES string of the molecule is CCOCC(CC(C)C)NC(=O)[C@H]1C[C@@H](C(=O)N(c2ccc3c(c2)N(CCCO)C(=O)C(C)(C)O3)C2CC2)CN(C(=O)OC(C)(C)C)C1. The van der Waals surface area contributed by atoms with Crippen LogP contribution in [0.3, 0.4) is 0 Å². The molecule has 1 saturated heterocycles. The van der Waals surface area contributed by atoms with Crippen LogP contribution >= 0.6 is 0 Å². The van der Waals surface area contributed by atoms with Crippen LogP contribution in [0, 0.1) is 17.8 Å². The average Bonchev–Trinajstić information content (AvgIpc) is 3.84. The third kappa shape index (κ3) is 9.40. The van der Waals surface area contributed by atoms with Gasteiger partial charge < -0.3 is 39.3 Å². The number of ether oxygens (including phenoxy) is 3. The Morgan fingerprint density at radius 1 is 1.15 bits per heavy atom. The van der Waals surface area contributed by atoms with Gasteiger partial charge in [0.2, 0.25) is 11.8 Å². The number of piperidine rings is 1. The van der Waals surface area contributed by atoms with E-state index in [4.69, 9.17) is 14.2 Å². The number of hydrogen-bond acceptors (Lipinski definition) is 8. The first-order chi connectivity index (χ1) is 22.5. The molecule has 2 heterocycles. The second-order valence-electron chi connectivity index (χ2n) is 15.2. The van der Waals surface area contributed by atoms with Gasteiger partial charge in [-0.1, -0.05) is 13.8 Å². The van der Waals surface area contributed by atoms with Crippen molar-refractivity contribution in [1.29, 1.82) is 0 Å². The predicted octanol–water partition coefficient (Wildman–Crippen LogP) is 4.51. The highest BCUT2D eigenvalue weighted by Crippen LogP contribution is 2.43. The second-order valence-corrected chi connectivity index (χ2v) is 15.2. The van der Waals surface area contributed by atoms with Crippen molar-refractivity contribution in [2.75, 3.05) is 49.3 Å². The second kappa shape index (κ2) is 15.4. The van der Waals surface area contributed by atoms with E-state index in [1.54, 1.807) is 56.6 Å². The first-order valence-electron chi connectivity index (χ1n) is 17.5. The predicted molar refractivity (Wildman–Crippen MR) is 183 cm³/mol. The number of aliphatic hydroxyl groups is 1. The van der Waals surface area contributed by atoms with Crippen molar-refractivity contribution in [3.8, 4) is 5.75 Å². The lowest BCUT2D eigenvalue weighted by molar-refractivity contribution is -0.133. The van der Waals surface area contributed by atoms with E-state index in [2.05, 4.69) is 19.2 Å². The fourth-order valence-electron chi connectivity index (χ4n) is 6.46. The summed E-state index contributed by atoms with van der Waals surface area (Å²) in [5, 5.41) is 12.7. The van der Waals surface area contributed by atoms with Crippen molar-refractivity contribution in [3.63, 3.8) is 0 Å². The standard InChI is InChI=1S/C36H56N4O8/c1-9-46-22-26(17-23(2)3)37-31(42)24-18-25(21-38(20-24)34(45)48-35(4,5)6)32(43)40(27-11-12-27)28-13-14-30-29(19-28)39(15-10-16-41)33(44)36(7,8)47-30/h13-14,19,23-27,41H,9-12,15-18,20-22H2,1-8H3,(H,37,42)/t24-,25+,26?/m0/s1. The molecule has 0 spiro atoms. The number of hydrogen-bond donors (Lipinski definition) is 2. The van der Waals surface area contributed by atoms with E-state index in [1.165, 1.54) is 4.90 Å². The molecule has 0 aromatic heterocycles. The molecule has 3 atom stereocenters. The van der Waals surface area contributed by atoms with Crippen LogP contribution in [0.15, 0.2) is 18.2 Å². The van der Waals surface area contributed by atoms with Crippen molar-refractivity contribution in [1.82, 2.24) is 10.2 Å². The number of aliphatic hydroxyl groups excluding tert-OH is 1. The summed E-state index contributed by atoms with van der Waals surface area (Å²) in [6.07, 6.45) is 2.49. The van der Waals surface area contributed by atoms with Crippen molar-refractivity contribution < 1.29 is 38.5 Å². The molecular formula is C36H56N4O8. The number of rotatable bonds is 13. The third-order valence-corrected chi connectivity index (χ3v) is 8.77. The molecule has 12 heteroatoms. The van der Waals surface area contributed by atoms with E-state index in [9.17, 15) is 24.3 Å². The smallest absolute Gasteiger partial charge is 0.410 e. The number of nitrogens with zero attached hydrogens (tertiary/aromatic N) is 3. The topological polar surface area (TPSA) is 138 Å². The van der Waals surface area contributed by atoms with Gasteiger partial charge in [-0.2, -0.15) is 0 Å². The van der Waals surface area contributed by atoms with Gasteiger partial charge in [-0.3, -0.25) is 14.4 Å². The maximum atomic E-state index is 14.6. The lowest BCUT2D eigenvalue weighted by Crippen LogP contribution is -2.55. The number of fused-ring (bicyclic) bond motifs is 1. The van der Waals surface area contributed by atoms with Crippen molar-refractivity contribution in [3.05, 3.63) is 18.2 Å². The summed E-state index contributed by atoms with van der Waals surface area (Å²) in [4.78, 5) is 59.9. The van der Waals surface area contributed by atoms with Crippen LogP contribution in [0.5, 0.6) is 5.75 Å². The van der Waals surface area contributed by atoms with Gasteiger partial charge in [0.1, 0.15) is 11.4 Å². The summed E-state index contributed by atoms with van der Waals surface area (Å²) < 4.78 is 17.4. The highest BCUT2D eigenvalue weighted by atomic mass is 16.6. The van der Waals surface area contributed by atoms with Gasteiger partial charge in [0.05, 0.1) is 30.2 Å². The highest BCUT2D eigenvalue weighted by molar-refractivity contribution is 6.04. The first-order valence-corrected chi connectivity index (χ1v) is 17.5. The monoisotopic (exact) mass is 672 g/mol. The molecule has 268 valence electrons. The average molecular weight is 673 g/mol.